The van der Waals surface area contributed by atoms with E-state index in [4.69, 9.17) is 0 Å². The average molecular weight is 380 g/mol. The van der Waals surface area contributed by atoms with Crippen molar-refractivity contribution in [2.75, 3.05) is 29.4 Å². The first-order valence-electron chi connectivity index (χ1n) is 7.72. The Hall–Kier alpha value is -2.06. The number of pyridine rings is 1. The van der Waals surface area contributed by atoms with Gasteiger partial charge in [0.2, 0.25) is 15.9 Å². The van der Waals surface area contributed by atoms with E-state index in [0.717, 1.165) is 21.2 Å². The van der Waals surface area contributed by atoms with Gasteiger partial charge in [0, 0.05) is 18.5 Å². The standard InChI is InChI=1S/C17H21N3O3S2/c1-14-7-3-4-8-15(14)20(25(2,22)23)13-16(21)18-11-12-24-17-9-5-6-10-19-17/h3-10H,11-13H2,1-2H3,(H,18,21). The van der Waals surface area contributed by atoms with Gasteiger partial charge in [-0.15, -0.1) is 11.8 Å². The molecule has 0 unspecified atom stereocenters. The second-order valence-corrected chi connectivity index (χ2v) is 8.44. The number of carbonyl (C=O) groups is 1. The van der Waals surface area contributed by atoms with Crippen LogP contribution in [0.2, 0.25) is 0 Å². The number of hydrogen-bond acceptors (Lipinski definition) is 5. The molecular weight excluding hydrogens is 358 g/mol. The van der Waals surface area contributed by atoms with Crippen molar-refractivity contribution in [2.45, 2.75) is 11.9 Å². The minimum absolute atomic E-state index is 0.238. The van der Waals surface area contributed by atoms with E-state index in [9.17, 15) is 13.2 Å². The fourth-order valence-electron chi connectivity index (χ4n) is 2.19. The Morgan fingerprint density at radius 1 is 1.20 bits per heavy atom. The van der Waals surface area contributed by atoms with Gasteiger partial charge >= 0.3 is 0 Å². The van der Waals surface area contributed by atoms with E-state index < -0.39 is 10.0 Å². The van der Waals surface area contributed by atoms with Gasteiger partial charge < -0.3 is 5.32 Å². The number of hydrogen-bond donors (Lipinski definition) is 1. The molecule has 0 aliphatic heterocycles. The predicted molar refractivity (Wildman–Crippen MR) is 101 cm³/mol. The summed E-state index contributed by atoms with van der Waals surface area (Å²) in [6.07, 6.45) is 2.82. The molecule has 0 spiro atoms. The summed E-state index contributed by atoms with van der Waals surface area (Å²) >= 11 is 1.53. The van der Waals surface area contributed by atoms with Crippen LogP contribution in [0.1, 0.15) is 5.56 Å². The van der Waals surface area contributed by atoms with Gasteiger partial charge in [-0.1, -0.05) is 24.3 Å². The number of amides is 1. The van der Waals surface area contributed by atoms with Gasteiger partial charge in [0.15, 0.2) is 0 Å². The maximum atomic E-state index is 12.2. The van der Waals surface area contributed by atoms with Crippen molar-refractivity contribution in [1.29, 1.82) is 0 Å². The maximum Gasteiger partial charge on any atom is 0.240 e. The summed E-state index contributed by atoms with van der Waals surface area (Å²) < 4.78 is 25.3. The van der Waals surface area contributed by atoms with E-state index in [1.54, 1.807) is 18.3 Å². The van der Waals surface area contributed by atoms with Crippen LogP contribution < -0.4 is 9.62 Å². The molecule has 0 saturated carbocycles. The average Bonchev–Trinajstić information content (AvgIpc) is 2.57. The Bertz CT molecular complexity index is 811. The Kier molecular flexibility index (Phi) is 6.83. The van der Waals surface area contributed by atoms with E-state index >= 15 is 0 Å². The summed E-state index contributed by atoms with van der Waals surface area (Å²) in [4.78, 5) is 16.3. The van der Waals surface area contributed by atoms with Crippen LogP contribution in [0.5, 0.6) is 0 Å². The molecule has 0 aliphatic carbocycles. The highest BCUT2D eigenvalue weighted by Gasteiger charge is 2.21. The van der Waals surface area contributed by atoms with Crippen LogP contribution in [0.4, 0.5) is 5.69 Å². The number of anilines is 1. The molecule has 2 rings (SSSR count). The topological polar surface area (TPSA) is 79.4 Å². The fraction of sp³-hybridized carbons (Fsp3) is 0.294. The van der Waals surface area contributed by atoms with Crippen molar-refractivity contribution in [2.24, 2.45) is 0 Å². The molecule has 134 valence electrons. The lowest BCUT2D eigenvalue weighted by molar-refractivity contribution is -0.119. The molecule has 8 heteroatoms. The first-order chi connectivity index (χ1) is 11.9. The molecular formula is C17H21N3O3S2. The lowest BCUT2D eigenvalue weighted by Gasteiger charge is -2.23. The number of sulfonamides is 1. The second-order valence-electron chi connectivity index (χ2n) is 5.42. The number of aryl methyl sites for hydroxylation is 1. The molecule has 0 bridgehead atoms. The molecule has 6 nitrogen and oxygen atoms in total. The Morgan fingerprint density at radius 3 is 2.56 bits per heavy atom. The molecule has 0 aliphatic rings. The third-order valence-electron chi connectivity index (χ3n) is 3.38. The highest BCUT2D eigenvalue weighted by atomic mass is 32.2. The van der Waals surface area contributed by atoms with Gasteiger partial charge in [-0.3, -0.25) is 9.10 Å². The summed E-state index contributed by atoms with van der Waals surface area (Å²) in [5.41, 5.74) is 1.31. The van der Waals surface area contributed by atoms with Crippen LogP contribution in [0, 0.1) is 6.92 Å². The van der Waals surface area contributed by atoms with Crippen molar-refractivity contribution >= 4 is 33.4 Å². The molecule has 2 aromatic rings. The second kappa shape index (κ2) is 8.87. The zero-order valence-electron chi connectivity index (χ0n) is 14.2. The van der Waals surface area contributed by atoms with Crippen LogP contribution in [0.15, 0.2) is 53.7 Å². The largest absolute Gasteiger partial charge is 0.354 e. The molecule has 1 amide bonds. The molecule has 1 N–H and O–H groups in total. The van der Waals surface area contributed by atoms with E-state index in [-0.39, 0.29) is 12.5 Å². The van der Waals surface area contributed by atoms with Crippen molar-refractivity contribution < 1.29 is 13.2 Å². The maximum absolute atomic E-state index is 12.2. The van der Waals surface area contributed by atoms with Crippen LogP contribution in [-0.2, 0) is 14.8 Å². The van der Waals surface area contributed by atoms with Gasteiger partial charge in [0.1, 0.15) is 6.54 Å². The minimum Gasteiger partial charge on any atom is -0.354 e. The number of nitrogens with one attached hydrogen (secondary N) is 1. The lowest BCUT2D eigenvalue weighted by Crippen LogP contribution is -2.41. The van der Waals surface area contributed by atoms with Gasteiger partial charge in [0.25, 0.3) is 0 Å². The van der Waals surface area contributed by atoms with Gasteiger partial charge in [-0.25, -0.2) is 13.4 Å². The van der Waals surface area contributed by atoms with Crippen LogP contribution >= 0.6 is 11.8 Å². The monoisotopic (exact) mass is 379 g/mol. The predicted octanol–water partition coefficient (Wildman–Crippen LogP) is 2.06. The van der Waals surface area contributed by atoms with E-state index in [1.165, 1.54) is 11.8 Å². The van der Waals surface area contributed by atoms with Gasteiger partial charge in [-0.2, -0.15) is 0 Å². The zero-order valence-corrected chi connectivity index (χ0v) is 15.8. The summed E-state index contributed by atoms with van der Waals surface area (Å²) in [6, 6.07) is 12.7. The highest BCUT2D eigenvalue weighted by Crippen LogP contribution is 2.21. The molecule has 0 fully saturated rings. The Balaban J connectivity index is 1.91. The smallest absolute Gasteiger partial charge is 0.240 e. The van der Waals surface area contributed by atoms with Gasteiger partial charge in [-0.05, 0) is 30.7 Å². The summed E-state index contributed by atoms with van der Waals surface area (Å²) in [5.74, 6) is 0.321. The minimum atomic E-state index is -3.55. The Morgan fingerprint density at radius 2 is 1.92 bits per heavy atom. The molecule has 1 aromatic carbocycles. The zero-order chi connectivity index (χ0) is 18.3. The summed E-state index contributed by atoms with van der Waals surface area (Å²) in [6.45, 7) is 2.01. The number of rotatable bonds is 8. The lowest BCUT2D eigenvalue weighted by atomic mass is 10.2. The van der Waals surface area contributed by atoms with Crippen LogP contribution in [0.3, 0.4) is 0 Å². The summed E-state index contributed by atoms with van der Waals surface area (Å²) in [7, 11) is -3.55. The molecule has 0 saturated heterocycles. The van der Waals surface area contributed by atoms with Crippen LogP contribution in [0.25, 0.3) is 0 Å². The van der Waals surface area contributed by atoms with Gasteiger partial charge in [0.05, 0.1) is 17.0 Å². The molecule has 25 heavy (non-hydrogen) atoms. The third-order valence-corrected chi connectivity index (χ3v) is 5.46. The Labute approximate surface area is 152 Å². The van der Waals surface area contributed by atoms with Crippen molar-refractivity contribution in [3.8, 4) is 0 Å². The number of nitrogens with zero attached hydrogens (tertiary/aromatic N) is 2. The first-order valence-corrected chi connectivity index (χ1v) is 10.5. The normalized spacial score (nSPS) is 11.1. The third kappa shape index (κ3) is 6.06. The van der Waals surface area contributed by atoms with Crippen LogP contribution in [-0.4, -0.2) is 44.4 Å². The number of para-hydroxylation sites is 1. The molecule has 0 radical (unpaired) electrons. The number of carbonyl (C=O) groups excluding carboxylic acids is 1. The molecule has 1 aromatic heterocycles. The molecule has 0 atom stereocenters. The first kappa shape index (κ1) is 19.3. The number of thioether (sulfide) groups is 1. The molecule has 1 heterocycles. The van der Waals surface area contributed by atoms with Crippen molar-refractivity contribution in [3.05, 3.63) is 54.2 Å². The fourth-order valence-corrected chi connectivity index (χ4v) is 3.83. The number of aromatic nitrogens is 1. The van der Waals surface area contributed by atoms with Crippen molar-refractivity contribution in [1.82, 2.24) is 10.3 Å². The quantitative estimate of drug-likeness (QED) is 0.561. The SMILES string of the molecule is Cc1ccccc1N(CC(=O)NCCSc1ccccn1)S(C)(=O)=O. The van der Waals surface area contributed by atoms with Crippen molar-refractivity contribution in [3.63, 3.8) is 0 Å². The van der Waals surface area contributed by atoms with E-state index in [2.05, 4.69) is 10.3 Å². The summed E-state index contributed by atoms with van der Waals surface area (Å²) in [5, 5.41) is 3.63. The van der Waals surface area contributed by atoms with E-state index in [1.807, 2.05) is 37.3 Å². The highest BCUT2D eigenvalue weighted by molar-refractivity contribution is 7.99. The van der Waals surface area contributed by atoms with E-state index in [0.29, 0.717) is 18.0 Å². The number of benzene rings is 1.